The Balaban J connectivity index is 2.24. The van der Waals surface area contributed by atoms with E-state index in [-0.39, 0.29) is 5.41 Å². The Morgan fingerprint density at radius 1 is 0.633 bits per heavy atom. The van der Waals surface area contributed by atoms with E-state index in [1.165, 1.54) is 0 Å². The summed E-state index contributed by atoms with van der Waals surface area (Å²) in [6.45, 7) is 23.3. The monoisotopic (exact) mass is 412 g/mol. The predicted octanol–water partition coefficient (Wildman–Crippen LogP) is 5.75. The molecule has 2 fully saturated rings. The van der Waals surface area contributed by atoms with Crippen LogP contribution in [-0.4, -0.2) is 36.6 Å². The van der Waals surface area contributed by atoms with Crippen molar-refractivity contribution in [1.82, 2.24) is 0 Å². The zero-order valence-corrected chi connectivity index (χ0v) is 20.7. The molecule has 2 saturated heterocycles. The lowest BCUT2D eigenvalue weighted by Crippen LogP contribution is -2.41. The molecule has 3 rings (SSSR count). The fourth-order valence-corrected chi connectivity index (χ4v) is 3.92. The molecular weight excluding hydrogens is 374 g/mol. The molecule has 30 heavy (non-hydrogen) atoms. The molecule has 0 atom stereocenters. The van der Waals surface area contributed by atoms with Gasteiger partial charge in [-0.15, -0.1) is 0 Å². The van der Waals surface area contributed by atoms with E-state index in [0.29, 0.717) is 0 Å². The third kappa shape index (κ3) is 4.04. The first kappa shape index (κ1) is 23.6. The maximum absolute atomic E-state index is 6.53. The standard InChI is InChI=1S/C24H38B2O4/c1-20(2,3)18(17-15-13-12-14-16-17)19(25-27-21(4,5)22(6,7)28-25)26-29-23(8,9)24(10,11)30-26/h12-16H,1-11H3. The lowest BCUT2D eigenvalue weighted by Gasteiger charge is -2.32. The van der Waals surface area contributed by atoms with Crippen LogP contribution in [0.3, 0.4) is 0 Å². The van der Waals surface area contributed by atoms with Crippen LogP contribution in [0.25, 0.3) is 5.57 Å². The van der Waals surface area contributed by atoms with Crippen molar-refractivity contribution in [1.29, 1.82) is 0 Å². The van der Waals surface area contributed by atoms with Crippen molar-refractivity contribution in [2.24, 2.45) is 5.41 Å². The Bertz CT molecular complexity index is 749. The van der Waals surface area contributed by atoms with Gasteiger partial charge in [0, 0.05) is 0 Å². The van der Waals surface area contributed by atoms with Gasteiger partial charge in [0.2, 0.25) is 0 Å². The lowest BCUT2D eigenvalue weighted by molar-refractivity contribution is 0.00578. The highest BCUT2D eigenvalue weighted by atomic mass is 16.7. The molecule has 0 bridgehead atoms. The van der Waals surface area contributed by atoms with E-state index < -0.39 is 36.6 Å². The van der Waals surface area contributed by atoms with Gasteiger partial charge in [-0.3, -0.25) is 0 Å². The first-order valence-corrected chi connectivity index (χ1v) is 11.0. The number of allylic oxidation sites excluding steroid dienone is 1. The molecule has 2 aliphatic rings. The van der Waals surface area contributed by atoms with Crippen molar-refractivity contribution in [3.05, 3.63) is 41.3 Å². The minimum absolute atomic E-state index is 0.177. The van der Waals surface area contributed by atoms with Gasteiger partial charge in [0.05, 0.1) is 22.4 Å². The second-order valence-electron chi connectivity index (χ2n) is 11.6. The largest absolute Gasteiger partial charge is 0.486 e. The molecule has 2 aliphatic heterocycles. The van der Waals surface area contributed by atoms with E-state index in [1.54, 1.807) is 0 Å². The van der Waals surface area contributed by atoms with Gasteiger partial charge in [0.1, 0.15) is 0 Å². The van der Waals surface area contributed by atoms with Crippen molar-refractivity contribution in [2.45, 2.75) is 98.6 Å². The van der Waals surface area contributed by atoms with E-state index in [1.807, 2.05) is 6.07 Å². The zero-order valence-electron chi connectivity index (χ0n) is 20.7. The maximum atomic E-state index is 6.53. The quantitative estimate of drug-likeness (QED) is 0.593. The van der Waals surface area contributed by atoms with Crippen LogP contribution in [0, 0.1) is 5.41 Å². The summed E-state index contributed by atoms with van der Waals surface area (Å²) in [4.78, 5) is 0. The number of hydrogen-bond donors (Lipinski definition) is 0. The molecule has 0 amide bonds. The van der Waals surface area contributed by atoms with Crippen molar-refractivity contribution in [3.63, 3.8) is 0 Å². The summed E-state index contributed by atoms with van der Waals surface area (Å²) in [5.74, 6) is 0. The van der Waals surface area contributed by atoms with Gasteiger partial charge in [-0.2, -0.15) is 0 Å². The minimum Gasteiger partial charge on any atom is -0.400 e. The molecule has 1 aromatic carbocycles. The molecule has 0 aliphatic carbocycles. The van der Waals surface area contributed by atoms with E-state index in [9.17, 15) is 0 Å². The van der Waals surface area contributed by atoms with Crippen molar-refractivity contribution in [3.8, 4) is 0 Å². The highest BCUT2D eigenvalue weighted by molar-refractivity contribution is 6.80. The maximum Gasteiger partial charge on any atom is 0.486 e. The average molecular weight is 412 g/mol. The topological polar surface area (TPSA) is 36.9 Å². The Morgan fingerprint density at radius 3 is 1.27 bits per heavy atom. The molecule has 0 saturated carbocycles. The van der Waals surface area contributed by atoms with Crippen LogP contribution in [0.2, 0.25) is 0 Å². The summed E-state index contributed by atoms with van der Waals surface area (Å²) in [6, 6.07) is 10.4. The molecule has 164 valence electrons. The lowest BCUT2D eigenvalue weighted by atomic mass is 9.52. The van der Waals surface area contributed by atoms with E-state index in [2.05, 4.69) is 100 Å². The summed E-state index contributed by atoms with van der Waals surface area (Å²) >= 11 is 0. The van der Waals surface area contributed by atoms with Gasteiger partial charge in [-0.25, -0.2) is 0 Å². The molecule has 0 spiro atoms. The molecule has 0 aromatic heterocycles. The SMILES string of the molecule is CC(C)(C)C(=C(B1OC(C)(C)C(C)(C)O1)B1OC(C)(C)C(C)(C)O1)c1ccccc1. The second kappa shape index (κ2) is 7.23. The molecule has 2 heterocycles. The summed E-state index contributed by atoms with van der Waals surface area (Å²) < 4.78 is 26.1. The second-order valence-corrected chi connectivity index (χ2v) is 11.6. The van der Waals surface area contributed by atoms with Crippen molar-refractivity contribution in [2.75, 3.05) is 0 Å². The third-order valence-corrected chi connectivity index (χ3v) is 7.12. The number of hydrogen-bond acceptors (Lipinski definition) is 4. The van der Waals surface area contributed by atoms with Crippen LogP contribution in [-0.2, 0) is 18.6 Å². The van der Waals surface area contributed by atoms with Gasteiger partial charge in [0.15, 0.2) is 0 Å². The van der Waals surface area contributed by atoms with Crippen molar-refractivity contribution < 1.29 is 18.6 Å². The Morgan fingerprint density at radius 2 is 0.967 bits per heavy atom. The zero-order chi connectivity index (χ0) is 22.8. The first-order valence-electron chi connectivity index (χ1n) is 11.0. The summed E-state index contributed by atoms with van der Waals surface area (Å²) in [5.41, 5.74) is 0.283. The summed E-state index contributed by atoms with van der Waals surface area (Å²) in [6.07, 6.45) is 0. The highest BCUT2D eigenvalue weighted by Gasteiger charge is 2.60. The molecular formula is C24H38B2O4. The summed E-state index contributed by atoms with van der Waals surface area (Å²) in [5, 5.41) is 0.922. The van der Waals surface area contributed by atoms with Crippen LogP contribution in [0.1, 0.15) is 81.7 Å². The molecule has 0 N–H and O–H groups in total. The highest BCUT2D eigenvalue weighted by Crippen LogP contribution is 2.48. The van der Waals surface area contributed by atoms with E-state index in [0.717, 1.165) is 16.5 Å². The number of rotatable bonds is 3. The van der Waals surface area contributed by atoms with Crippen LogP contribution >= 0.6 is 0 Å². The average Bonchev–Trinajstić information content (AvgIpc) is 2.91. The molecule has 4 nitrogen and oxygen atoms in total. The van der Waals surface area contributed by atoms with Crippen molar-refractivity contribution >= 4 is 19.8 Å². The van der Waals surface area contributed by atoms with Gasteiger partial charge >= 0.3 is 14.2 Å². The van der Waals surface area contributed by atoms with Crippen LogP contribution in [0.4, 0.5) is 0 Å². The fraction of sp³-hybridized carbons (Fsp3) is 0.667. The van der Waals surface area contributed by atoms with Gasteiger partial charge in [-0.05, 0) is 77.3 Å². The predicted molar refractivity (Wildman–Crippen MR) is 125 cm³/mol. The molecule has 6 heteroatoms. The summed E-state index contributed by atoms with van der Waals surface area (Å²) in [7, 11) is -1.11. The minimum atomic E-state index is -0.556. The van der Waals surface area contributed by atoms with Crippen LogP contribution < -0.4 is 0 Å². The Labute approximate surface area is 184 Å². The van der Waals surface area contributed by atoms with Gasteiger partial charge in [-0.1, -0.05) is 51.1 Å². The smallest absolute Gasteiger partial charge is 0.400 e. The Hall–Kier alpha value is -1.07. The molecule has 0 unspecified atom stereocenters. The Kier molecular flexibility index (Phi) is 5.69. The molecule has 1 aromatic rings. The van der Waals surface area contributed by atoms with Crippen LogP contribution in [0.15, 0.2) is 35.7 Å². The fourth-order valence-electron chi connectivity index (χ4n) is 3.92. The van der Waals surface area contributed by atoms with Crippen LogP contribution in [0.5, 0.6) is 0 Å². The van der Waals surface area contributed by atoms with Gasteiger partial charge < -0.3 is 18.6 Å². The van der Waals surface area contributed by atoms with E-state index in [4.69, 9.17) is 18.6 Å². The normalized spacial score (nSPS) is 24.2. The van der Waals surface area contributed by atoms with E-state index >= 15 is 0 Å². The number of benzene rings is 1. The molecule has 0 radical (unpaired) electrons. The first-order chi connectivity index (χ1) is 13.5. The third-order valence-electron chi connectivity index (χ3n) is 7.12. The van der Waals surface area contributed by atoms with Gasteiger partial charge in [0.25, 0.3) is 0 Å².